The van der Waals surface area contributed by atoms with E-state index in [9.17, 15) is 0 Å². The molecule has 1 unspecified atom stereocenters. The van der Waals surface area contributed by atoms with Gasteiger partial charge >= 0.3 is 0 Å². The Labute approximate surface area is 131 Å². The first kappa shape index (κ1) is 20.1. The Morgan fingerprint density at radius 1 is 0.810 bits per heavy atom. The van der Waals surface area contributed by atoms with Gasteiger partial charge in [0, 0.05) is 6.04 Å². The number of hydrogen-bond donors (Lipinski definition) is 0. The number of nitrogens with zero attached hydrogens (tertiary/aromatic N) is 1. The van der Waals surface area contributed by atoms with Crippen LogP contribution in [0.4, 0.5) is 0 Å². The van der Waals surface area contributed by atoms with E-state index in [1.807, 2.05) is 0 Å². The smallest absolute Gasteiger partial charge is 0.0342 e. The topological polar surface area (TPSA) is 34.7 Å². The summed E-state index contributed by atoms with van der Waals surface area (Å²) < 4.78 is 0. The quantitative estimate of drug-likeness (QED) is 0.529. The molecule has 1 atom stereocenters. The van der Waals surface area contributed by atoms with Crippen molar-refractivity contribution in [1.29, 1.82) is 0 Å². The van der Waals surface area contributed by atoms with Crippen LogP contribution in [0, 0.1) is 0 Å². The summed E-state index contributed by atoms with van der Waals surface area (Å²) in [6, 6.07) is 11.5. The average Bonchev–Trinajstić information content (AvgIpc) is 2.46. The first-order valence-corrected chi connectivity index (χ1v) is 8.47. The average molecular weight is 293 g/mol. The number of hydrogen-bond acceptors (Lipinski definition) is 1. The van der Waals surface area contributed by atoms with Gasteiger partial charge in [0.1, 0.15) is 0 Å². The lowest BCUT2D eigenvalue weighted by Gasteiger charge is -2.24. The van der Waals surface area contributed by atoms with E-state index in [4.69, 9.17) is 0 Å². The standard InChI is InChI=1S/C19H33N.H2O/c1-4-5-6-7-8-9-10-14-17-19(20(2)3)18-15-12-11-13-16-18;/h11-13,15-16,19H,4-10,14,17H2,1-3H3;1H2. The van der Waals surface area contributed by atoms with Gasteiger partial charge in [0.25, 0.3) is 0 Å². The van der Waals surface area contributed by atoms with Gasteiger partial charge < -0.3 is 10.4 Å². The maximum Gasteiger partial charge on any atom is 0.0342 e. The Bertz CT molecular complexity index is 324. The van der Waals surface area contributed by atoms with Gasteiger partial charge in [-0.2, -0.15) is 0 Å². The summed E-state index contributed by atoms with van der Waals surface area (Å²) in [7, 11) is 4.39. The third-order valence-corrected chi connectivity index (χ3v) is 4.14. The van der Waals surface area contributed by atoms with Gasteiger partial charge in [0.15, 0.2) is 0 Å². The fourth-order valence-electron chi connectivity index (χ4n) is 2.87. The fourth-order valence-corrected chi connectivity index (χ4v) is 2.87. The Balaban J connectivity index is 0.00000400. The Kier molecular flexibility index (Phi) is 12.3. The van der Waals surface area contributed by atoms with E-state index in [0.717, 1.165) is 0 Å². The predicted octanol–water partition coefficient (Wildman–Crippen LogP) is 5.00. The Morgan fingerprint density at radius 2 is 1.33 bits per heavy atom. The molecule has 1 aromatic rings. The molecule has 0 aliphatic carbocycles. The van der Waals surface area contributed by atoms with Crippen molar-refractivity contribution < 1.29 is 5.48 Å². The molecule has 0 bridgehead atoms. The molecule has 0 amide bonds. The molecule has 1 rings (SSSR count). The fraction of sp³-hybridized carbons (Fsp3) is 0.684. The van der Waals surface area contributed by atoms with Crippen LogP contribution in [0.15, 0.2) is 30.3 Å². The number of rotatable bonds is 11. The van der Waals surface area contributed by atoms with Crippen molar-refractivity contribution in [3.8, 4) is 0 Å². The summed E-state index contributed by atoms with van der Waals surface area (Å²) in [5.41, 5.74) is 1.46. The Morgan fingerprint density at radius 3 is 1.86 bits per heavy atom. The van der Waals surface area contributed by atoms with E-state index >= 15 is 0 Å². The molecule has 2 heteroatoms. The molecule has 0 spiro atoms. The molecule has 0 fully saturated rings. The molecule has 1 aromatic carbocycles. The van der Waals surface area contributed by atoms with Crippen molar-refractivity contribution in [2.24, 2.45) is 0 Å². The van der Waals surface area contributed by atoms with Gasteiger partial charge in [-0.1, -0.05) is 88.6 Å². The molecular weight excluding hydrogens is 258 g/mol. The minimum Gasteiger partial charge on any atom is -0.412 e. The SMILES string of the molecule is CCCCCCCCCCC(c1ccccc1)N(C)C.O. The third kappa shape index (κ3) is 8.90. The van der Waals surface area contributed by atoms with Crippen LogP contribution < -0.4 is 0 Å². The summed E-state index contributed by atoms with van der Waals surface area (Å²) in [5.74, 6) is 0. The molecule has 0 aliphatic heterocycles. The summed E-state index contributed by atoms with van der Waals surface area (Å²) in [6.07, 6.45) is 12.5. The van der Waals surface area contributed by atoms with E-state index in [2.05, 4.69) is 56.3 Å². The highest BCUT2D eigenvalue weighted by atomic mass is 16.0. The first-order valence-electron chi connectivity index (χ1n) is 8.47. The van der Waals surface area contributed by atoms with E-state index in [0.29, 0.717) is 6.04 Å². The predicted molar refractivity (Wildman–Crippen MR) is 93.7 cm³/mol. The highest BCUT2D eigenvalue weighted by molar-refractivity contribution is 5.18. The van der Waals surface area contributed by atoms with Crippen molar-refractivity contribution in [2.45, 2.75) is 70.8 Å². The van der Waals surface area contributed by atoms with Crippen LogP contribution in [-0.2, 0) is 0 Å². The van der Waals surface area contributed by atoms with Crippen molar-refractivity contribution in [3.63, 3.8) is 0 Å². The maximum absolute atomic E-state index is 2.36. The first-order chi connectivity index (χ1) is 9.75. The van der Waals surface area contributed by atoms with Crippen LogP contribution in [0.25, 0.3) is 0 Å². The molecular formula is C19H35NO. The molecule has 0 saturated carbocycles. The summed E-state index contributed by atoms with van der Waals surface area (Å²) >= 11 is 0. The zero-order valence-corrected chi connectivity index (χ0v) is 14.3. The van der Waals surface area contributed by atoms with Crippen molar-refractivity contribution in [3.05, 3.63) is 35.9 Å². The zero-order valence-electron chi connectivity index (χ0n) is 14.3. The highest BCUT2D eigenvalue weighted by Gasteiger charge is 2.12. The van der Waals surface area contributed by atoms with E-state index < -0.39 is 0 Å². The van der Waals surface area contributed by atoms with Crippen LogP contribution >= 0.6 is 0 Å². The summed E-state index contributed by atoms with van der Waals surface area (Å²) in [4.78, 5) is 2.36. The summed E-state index contributed by atoms with van der Waals surface area (Å²) in [5, 5.41) is 0. The number of unbranched alkanes of at least 4 members (excludes halogenated alkanes) is 7. The van der Waals surface area contributed by atoms with E-state index in [1.54, 1.807) is 0 Å². The third-order valence-electron chi connectivity index (χ3n) is 4.14. The second-order valence-corrected chi connectivity index (χ2v) is 6.15. The molecule has 0 radical (unpaired) electrons. The second kappa shape index (κ2) is 12.8. The van der Waals surface area contributed by atoms with Crippen LogP contribution in [0.5, 0.6) is 0 Å². The second-order valence-electron chi connectivity index (χ2n) is 6.15. The van der Waals surface area contributed by atoms with Gasteiger partial charge in [-0.25, -0.2) is 0 Å². The van der Waals surface area contributed by atoms with Gasteiger partial charge in [0.2, 0.25) is 0 Å². The van der Waals surface area contributed by atoms with E-state index in [-0.39, 0.29) is 5.48 Å². The lowest BCUT2D eigenvalue weighted by molar-refractivity contribution is 0.276. The lowest BCUT2D eigenvalue weighted by Crippen LogP contribution is -2.19. The minimum atomic E-state index is 0. The van der Waals surface area contributed by atoms with Crippen LogP contribution in [0.1, 0.15) is 76.3 Å². The normalized spacial score (nSPS) is 12.2. The van der Waals surface area contributed by atoms with Gasteiger partial charge in [0.05, 0.1) is 0 Å². The minimum absolute atomic E-state index is 0. The van der Waals surface area contributed by atoms with E-state index in [1.165, 1.54) is 63.4 Å². The zero-order chi connectivity index (χ0) is 14.6. The van der Waals surface area contributed by atoms with Crippen LogP contribution in [0.3, 0.4) is 0 Å². The molecule has 0 heterocycles. The molecule has 122 valence electrons. The molecule has 2 N–H and O–H groups in total. The Hall–Kier alpha value is -0.860. The monoisotopic (exact) mass is 293 g/mol. The largest absolute Gasteiger partial charge is 0.412 e. The lowest BCUT2D eigenvalue weighted by atomic mass is 9.98. The van der Waals surface area contributed by atoms with Gasteiger partial charge in [-0.3, -0.25) is 0 Å². The highest BCUT2D eigenvalue weighted by Crippen LogP contribution is 2.24. The van der Waals surface area contributed by atoms with Crippen LogP contribution in [-0.4, -0.2) is 24.5 Å². The summed E-state index contributed by atoms with van der Waals surface area (Å²) in [6.45, 7) is 2.28. The van der Waals surface area contributed by atoms with Crippen molar-refractivity contribution in [2.75, 3.05) is 14.1 Å². The van der Waals surface area contributed by atoms with Crippen LogP contribution in [0.2, 0.25) is 0 Å². The molecule has 2 nitrogen and oxygen atoms in total. The molecule has 0 aliphatic rings. The maximum atomic E-state index is 2.36. The number of benzene rings is 1. The van der Waals surface area contributed by atoms with Crippen molar-refractivity contribution >= 4 is 0 Å². The van der Waals surface area contributed by atoms with Gasteiger partial charge in [-0.15, -0.1) is 0 Å². The van der Waals surface area contributed by atoms with Gasteiger partial charge in [-0.05, 0) is 26.1 Å². The molecule has 0 aromatic heterocycles. The molecule has 21 heavy (non-hydrogen) atoms. The molecule has 0 saturated heterocycles. The van der Waals surface area contributed by atoms with Crippen molar-refractivity contribution in [1.82, 2.24) is 4.90 Å².